The highest BCUT2D eigenvalue weighted by Gasteiger charge is 2.41. The molecule has 0 saturated heterocycles. The first-order valence-corrected chi connectivity index (χ1v) is 11.4. The molecule has 3 aromatic rings. The molecule has 1 aliphatic heterocycles. The van der Waals surface area contributed by atoms with Crippen molar-refractivity contribution in [2.24, 2.45) is 5.16 Å². The summed E-state index contributed by atoms with van der Waals surface area (Å²) in [6, 6.07) is 20.0. The van der Waals surface area contributed by atoms with Gasteiger partial charge in [0.05, 0.1) is 5.71 Å². The van der Waals surface area contributed by atoms with Gasteiger partial charge in [-0.05, 0) is 70.1 Å². The number of rotatable bonds is 2. The largest absolute Gasteiger partial charge is 0.344 e. The summed E-state index contributed by atoms with van der Waals surface area (Å²) in [5.74, 6) is -0.418. The van der Waals surface area contributed by atoms with E-state index in [0.717, 1.165) is 5.56 Å². The third-order valence-corrected chi connectivity index (χ3v) is 7.49. The molecule has 0 atom stereocenters. The van der Waals surface area contributed by atoms with Crippen molar-refractivity contribution >= 4 is 23.1 Å². The number of carbonyl (C=O) groups excluding carboxylic acids is 1. The zero-order valence-electron chi connectivity index (χ0n) is 20.4. The van der Waals surface area contributed by atoms with Gasteiger partial charge in [-0.3, -0.25) is 0 Å². The van der Waals surface area contributed by atoms with Crippen LogP contribution in [-0.2, 0) is 20.5 Å². The number of benzene rings is 3. The molecule has 0 aromatic heterocycles. The van der Waals surface area contributed by atoms with E-state index in [0.29, 0.717) is 5.71 Å². The summed E-state index contributed by atoms with van der Waals surface area (Å²) >= 11 is 0. The Kier molecular flexibility index (Phi) is 4.58. The summed E-state index contributed by atoms with van der Waals surface area (Å²) in [4.78, 5) is 18.4. The van der Waals surface area contributed by atoms with Crippen molar-refractivity contribution in [3.05, 3.63) is 82.4 Å². The molecule has 4 heteroatoms. The number of nitrogens with zero attached hydrogens (tertiary/aromatic N) is 2. The zero-order valence-corrected chi connectivity index (χ0v) is 20.4. The highest BCUT2D eigenvalue weighted by molar-refractivity contribution is 6.00. The van der Waals surface area contributed by atoms with E-state index < -0.39 is 5.97 Å². The third kappa shape index (κ3) is 3.04. The van der Waals surface area contributed by atoms with E-state index in [1.165, 1.54) is 51.7 Å². The number of fused-ring (bicyclic) bond motifs is 5. The van der Waals surface area contributed by atoms with Crippen molar-refractivity contribution in [3.63, 3.8) is 0 Å². The van der Waals surface area contributed by atoms with Gasteiger partial charge < -0.3 is 9.74 Å². The van der Waals surface area contributed by atoms with Gasteiger partial charge in [0.2, 0.25) is 0 Å². The molecule has 0 unspecified atom stereocenters. The lowest BCUT2D eigenvalue weighted by Gasteiger charge is -2.41. The Balaban J connectivity index is 1.69. The minimum absolute atomic E-state index is 0.0274. The van der Waals surface area contributed by atoms with Crippen molar-refractivity contribution in [3.8, 4) is 11.1 Å². The van der Waals surface area contributed by atoms with Gasteiger partial charge in [-0.25, -0.2) is 4.79 Å². The van der Waals surface area contributed by atoms with Crippen LogP contribution in [0.4, 0.5) is 11.4 Å². The molecule has 168 valence electrons. The summed E-state index contributed by atoms with van der Waals surface area (Å²) in [6.07, 6.45) is 0. The van der Waals surface area contributed by atoms with Crippen LogP contribution in [0.25, 0.3) is 11.1 Å². The molecule has 0 fully saturated rings. The molecule has 0 radical (unpaired) electrons. The first-order valence-electron chi connectivity index (χ1n) is 11.4. The fourth-order valence-electron chi connectivity index (χ4n) is 5.53. The summed E-state index contributed by atoms with van der Waals surface area (Å²) in [5, 5.41) is 4.00. The Morgan fingerprint density at radius 3 is 2.18 bits per heavy atom. The monoisotopic (exact) mass is 438 g/mol. The number of hydrogen-bond acceptors (Lipinski definition) is 4. The van der Waals surface area contributed by atoms with Gasteiger partial charge in [0.15, 0.2) is 0 Å². The van der Waals surface area contributed by atoms with Crippen LogP contribution in [-0.4, -0.2) is 18.7 Å². The Labute approximate surface area is 195 Å². The second-order valence-electron chi connectivity index (χ2n) is 10.3. The predicted molar refractivity (Wildman–Crippen MR) is 135 cm³/mol. The van der Waals surface area contributed by atoms with Crippen LogP contribution in [0.5, 0.6) is 0 Å². The van der Waals surface area contributed by atoms with Gasteiger partial charge >= 0.3 is 5.97 Å². The van der Waals surface area contributed by atoms with Crippen LogP contribution in [0.15, 0.2) is 59.8 Å². The van der Waals surface area contributed by atoms with Crippen molar-refractivity contribution < 1.29 is 9.63 Å². The SMILES string of the molecule is CC(=O)O/N=C(\C)c1ccc2c(c1)C(C)(C)c1cc3c(cc1N2C)C(C)(C)c1ccccc1-3. The maximum atomic E-state index is 11.2. The lowest BCUT2D eigenvalue weighted by atomic mass is 9.71. The molecule has 4 nitrogen and oxygen atoms in total. The number of hydrogen-bond donors (Lipinski definition) is 0. The molecule has 0 amide bonds. The molecule has 0 saturated carbocycles. The second-order valence-corrected chi connectivity index (χ2v) is 10.3. The summed E-state index contributed by atoms with van der Waals surface area (Å²) < 4.78 is 0. The van der Waals surface area contributed by atoms with Gasteiger partial charge in [0.25, 0.3) is 0 Å². The van der Waals surface area contributed by atoms with Crippen LogP contribution in [0, 0.1) is 0 Å². The first-order chi connectivity index (χ1) is 15.5. The molecule has 0 bridgehead atoms. The van der Waals surface area contributed by atoms with E-state index in [4.69, 9.17) is 4.84 Å². The molecule has 33 heavy (non-hydrogen) atoms. The summed E-state index contributed by atoms with van der Waals surface area (Å²) in [5.41, 5.74) is 11.8. The fraction of sp³-hybridized carbons (Fsp3) is 0.310. The lowest BCUT2D eigenvalue weighted by molar-refractivity contribution is -0.140. The first kappa shape index (κ1) is 21.4. The minimum Gasteiger partial charge on any atom is -0.344 e. The summed E-state index contributed by atoms with van der Waals surface area (Å²) in [6.45, 7) is 12.4. The van der Waals surface area contributed by atoms with Crippen molar-refractivity contribution in [2.45, 2.75) is 52.4 Å². The van der Waals surface area contributed by atoms with E-state index in [9.17, 15) is 4.79 Å². The normalized spacial score (nSPS) is 17.1. The zero-order chi connectivity index (χ0) is 23.7. The smallest absolute Gasteiger partial charge is 0.331 e. The van der Waals surface area contributed by atoms with Crippen LogP contribution < -0.4 is 4.90 Å². The van der Waals surface area contributed by atoms with E-state index in [-0.39, 0.29) is 10.8 Å². The number of oxime groups is 1. The Morgan fingerprint density at radius 1 is 0.788 bits per heavy atom. The van der Waals surface area contributed by atoms with Crippen molar-refractivity contribution in [2.75, 3.05) is 11.9 Å². The Hall–Kier alpha value is -3.40. The second kappa shape index (κ2) is 7.05. The van der Waals surface area contributed by atoms with E-state index in [1.54, 1.807) is 0 Å². The topological polar surface area (TPSA) is 41.9 Å². The van der Waals surface area contributed by atoms with Crippen molar-refractivity contribution in [1.82, 2.24) is 0 Å². The average Bonchev–Trinajstić information content (AvgIpc) is 3.01. The van der Waals surface area contributed by atoms with Gasteiger partial charge in [-0.15, -0.1) is 0 Å². The summed E-state index contributed by atoms with van der Waals surface area (Å²) in [7, 11) is 2.15. The molecule has 5 rings (SSSR count). The average molecular weight is 439 g/mol. The predicted octanol–water partition coefficient (Wildman–Crippen LogP) is 6.69. The van der Waals surface area contributed by atoms with Crippen molar-refractivity contribution in [1.29, 1.82) is 0 Å². The van der Waals surface area contributed by atoms with Gasteiger partial charge in [0, 0.05) is 36.2 Å². The molecule has 1 aliphatic carbocycles. The number of anilines is 2. The minimum atomic E-state index is -0.418. The fourth-order valence-corrected chi connectivity index (χ4v) is 5.53. The van der Waals surface area contributed by atoms with Crippen LogP contribution in [0.2, 0.25) is 0 Å². The molecule has 0 N–H and O–H groups in total. The molecule has 3 aromatic carbocycles. The highest BCUT2D eigenvalue weighted by atomic mass is 16.7. The molecule has 0 spiro atoms. The third-order valence-electron chi connectivity index (χ3n) is 7.49. The standard InChI is InChI=1S/C29H30N2O2/c1-17(30-33-18(2)32)19-12-13-26-24(14-19)29(5,6)25-15-21-20-10-8-9-11-22(20)28(3,4)23(21)16-27(25)31(26)7/h8-16H,1-7H3/b30-17+. The van der Waals surface area contributed by atoms with Gasteiger partial charge in [0.1, 0.15) is 0 Å². The highest BCUT2D eigenvalue weighted by Crippen LogP contribution is 2.55. The lowest BCUT2D eigenvalue weighted by Crippen LogP contribution is -2.31. The van der Waals surface area contributed by atoms with Gasteiger partial charge in [-0.1, -0.05) is 63.2 Å². The van der Waals surface area contributed by atoms with E-state index in [1.807, 2.05) is 13.0 Å². The van der Waals surface area contributed by atoms with E-state index in [2.05, 4.69) is 93.3 Å². The quantitative estimate of drug-likeness (QED) is 0.254. The Morgan fingerprint density at radius 2 is 1.45 bits per heavy atom. The number of carbonyl (C=O) groups is 1. The maximum absolute atomic E-state index is 11.2. The molecule has 1 heterocycles. The van der Waals surface area contributed by atoms with Crippen LogP contribution in [0.3, 0.4) is 0 Å². The van der Waals surface area contributed by atoms with Gasteiger partial charge in [-0.2, -0.15) is 0 Å². The van der Waals surface area contributed by atoms with E-state index >= 15 is 0 Å². The van der Waals surface area contributed by atoms with Crippen LogP contribution in [0.1, 0.15) is 69.4 Å². The Bertz CT molecular complexity index is 1350. The molecular formula is C29H30N2O2. The molecular weight excluding hydrogens is 408 g/mol. The van der Waals surface area contributed by atoms with Crippen LogP contribution >= 0.6 is 0 Å². The maximum Gasteiger partial charge on any atom is 0.331 e. The molecule has 2 aliphatic rings.